The first kappa shape index (κ1) is 17.7. The molecule has 6 nitrogen and oxygen atoms in total. The number of aryl methyl sites for hydroxylation is 1. The van der Waals surface area contributed by atoms with Gasteiger partial charge < -0.3 is 10.1 Å². The number of ether oxygens (including phenoxy) is 1. The summed E-state index contributed by atoms with van der Waals surface area (Å²) in [6.45, 7) is 5.69. The molecule has 1 amide bonds. The zero-order chi connectivity index (χ0) is 17.7. The summed E-state index contributed by atoms with van der Waals surface area (Å²) in [7, 11) is 0. The largest absolute Gasteiger partial charge is 0.481 e. The quantitative estimate of drug-likeness (QED) is 0.871. The van der Waals surface area contributed by atoms with Crippen molar-refractivity contribution < 1.29 is 13.9 Å². The molecule has 1 aromatic carbocycles. The lowest BCUT2D eigenvalue weighted by Crippen LogP contribution is -2.39. The number of hydrogen-bond donors (Lipinski definition) is 1. The van der Waals surface area contributed by atoms with Gasteiger partial charge in [0, 0.05) is 24.3 Å². The number of benzene rings is 1. The second-order valence-electron chi connectivity index (χ2n) is 5.46. The molecule has 0 radical (unpaired) electrons. The van der Waals surface area contributed by atoms with Crippen LogP contribution in [0.3, 0.4) is 0 Å². The highest BCUT2D eigenvalue weighted by atomic mass is 19.1. The van der Waals surface area contributed by atoms with Crippen molar-refractivity contribution >= 4 is 5.91 Å². The normalized spacial score (nSPS) is 11.8. The molecule has 1 aromatic heterocycles. The van der Waals surface area contributed by atoms with E-state index in [2.05, 4.69) is 10.3 Å². The number of carbonyl (C=O) groups excluding carboxylic acids is 1. The third-order valence-corrected chi connectivity index (χ3v) is 3.66. The van der Waals surface area contributed by atoms with Crippen LogP contribution < -0.4 is 15.6 Å². The molecule has 128 valence electrons. The average molecular weight is 333 g/mol. The molecule has 0 aliphatic heterocycles. The second kappa shape index (κ2) is 7.72. The van der Waals surface area contributed by atoms with E-state index >= 15 is 0 Å². The number of carbonyl (C=O) groups is 1. The average Bonchev–Trinajstić information content (AvgIpc) is 2.56. The molecule has 1 atom stereocenters. The molecule has 1 N–H and O–H groups in total. The smallest absolute Gasteiger partial charge is 0.260 e. The van der Waals surface area contributed by atoms with Gasteiger partial charge in [-0.2, -0.15) is 0 Å². The van der Waals surface area contributed by atoms with E-state index < -0.39 is 6.10 Å². The minimum atomic E-state index is -0.731. The Balaban J connectivity index is 1.85. The zero-order valence-corrected chi connectivity index (χ0v) is 13.9. The summed E-state index contributed by atoms with van der Waals surface area (Å²) >= 11 is 0. The molecule has 1 heterocycles. The molecule has 0 spiro atoms. The number of nitrogens with zero attached hydrogens (tertiary/aromatic N) is 2. The van der Waals surface area contributed by atoms with E-state index in [1.165, 1.54) is 35.2 Å². The Morgan fingerprint density at radius 1 is 1.33 bits per heavy atom. The summed E-state index contributed by atoms with van der Waals surface area (Å²) in [5, 5.41) is 2.70. The van der Waals surface area contributed by atoms with Crippen LogP contribution in [0.25, 0.3) is 0 Å². The van der Waals surface area contributed by atoms with E-state index in [4.69, 9.17) is 4.74 Å². The lowest BCUT2D eigenvalue weighted by atomic mass is 10.3. The van der Waals surface area contributed by atoms with Crippen LogP contribution in [0.4, 0.5) is 4.39 Å². The number of halogens is 1. The van der Waals surface area contributed by atoms with E-state index in [0.29, 0.717) is 23.6 Å². The van der Waals surface area contributed by atoms with Gasteiger partial charge in [0.05, 0.1) is 6.33 Å². The van der Waals surface area contributed by atoms with E-state index in [-0.39, 0.29) is 23.8 Å². The minimum absolute atomic E-state index is 0.118. The van der Waals surface area contributed by atoms with Crippen molar-refractivity contribution in [2.45, 2.75) is 33.4 Å². The van der Waals surface area contributed by atoms with Crippen molar-refractivity contribution in [3.8, 4) is 5.75 Å². The highest BCUT2D eigenvalue weighted by Gasteiger charge is 2.14. The van der Waals surface area contributed by atoms with Crippen LogP contribution in [-0.2, 0) is 11.3 Å². The highest BCUT2D eigenvalue weighted by Crippen LogP contribution is 2.12. The van der Waals surface area contributed by atoms with Gasteiger partial charge in [-0.3, -0.25) is 14.2 Å². The molecule has 2 rings (SSSR count). The van der Waals surface area contributed by atoms with Crippen molar-refractivity contribution in [3.05, 3.63) is 58.0 Å². The number of aromatic nitrogens is 2. The van der Waals surface area contributed by atoms with Gasteiger partial charge in [0.25, 0.3) is 11.5 Å². The summed E-state index contributed by atoms with van der Waals surface area (Å²) in [4.78, 5) is 28.2. The maximum absolute atomic E-state index is 12.8. The molecule has 7 heteroatoms. The van der Waals surface area contributed by atoms with Crippen LogP contribution in [0.5, 0.6) is 5.75 Å². The Labute approximate surface area is 139 Å². The molecule has 0 saturated heterocycles. The highest BCUT2D eigenvalue weighted by molar-refractivity contribution is 5.80. The lowest BCUT2D eigenvalue weighted by Gasteiger charge is -2.15. The third kappa shape index (κ3) is 4.41. The van der Waals surface area contributed by atoms with Gasteiger partial charge in [-0.15, -0.1) is 0 Å². The number of rotatable bonds is 6. The van der Waals surface area contributed by atoms with Crippen molar-refractivity contribution in [1.29, 1.82) is 0 Å². The molecule has 1 unspecified atom stereocenters. The molecule has 0 saturated carbocycles. The Kier molecular flexibility index (Phi) is 5.68. The first-order valence-electron chi connectivity index (χ1n) is 7.61. The lowest BCUT2D eigenvalue weighted by molar-refractivity contribution is -0.127. The van der Waals surface area contributed by atoms with Gasteiger partial charge >= 0.3 is 0 Å². The maximum Gasteiger partial charge on any atom is 0.260 e. The van der Waals surface area contributed by atoms with Crippen LogP contribution in [0.2, 0.25) is 0 Å². The molecule has 0 bridgehead atoms. The van der Waals surface area contributed by atoms with Crippen molar-refractivity contribution in [2.75, 3.05) is 6.54 Å². The van der Waals surface area contributed by atoms with Crippen LogP contribution in [0.15, 0.2) is 35.4 Å². The van der Waals surface area contributed by atoms with Crippen molar-refractivity contribution in [2.24, 2.45) is 0 Å². The Bertz CT molecular complexity index is 772. The number of amides is 1. The monoisotopic (exact) mass is 333 g/mol. The summed E-state index contributed by atoms with van der Waals surface area (Å²) in [5.74, 6) is -0.273. The van der Waals surface area contributed by atoms with E-state index in [0.717, 1.165) is 0 Å². The summed E-state index contributed by atoms with van der Waals surface area (Å²) in [6, 6.07) is 5.44. The first-order valence-corrected chi connectivity index (χ1v) is 7.61. The van der Waals surface area contributed by atoms with Crippen LogP contribution >= 0.6 is 0 Å². The van der Waals surface area contributed by atoms with Crippen LogP contribution in [0.1, 0.15) is 18.2 Å². The standard InChI is InChI=1S/C17H20FN3O3/c1-11-12(2)20-10-21(17(11)23)9-8-19-16(22)13(3)24-15-6-4-14(18)5-7-15/h4-7,10,13H,8-9H2,1-3H3,(H,19,22). The van der Waals surface area contributed by atoms with Crippen molar-refractivity contribution in [1.82, 2.24) is 14.9 Å². The molecule has 2 aromatic rings. The molecule has 24 heavy (non-hydrogen) atoms. The van der Waals surface area contributed by atoms with Gasteiger partial charge in [-0.05, 0) is 45.0 Å². The Hall–Kier alpha value is -2.70. The number of nitrogens with one attached hydrogen (secondary N) is 1. The van der Waals surface area contributed by atoms with Gasteiger partial charge in [0.1, 0.15) is 11.6 Å². The fourth-order valence-corrected chi connectivity index (χ4v) is 2.05. The molecule has 0 aliphatic rings. The van der Waals surface area contributed by atoms with Crippen LogP contribution in [-0.4, -0.2) is 28.1 Å². The van der Waals surface area contributed by atoms with Crippen LogP contribution in [0, 0.1) is 19.7 Å². The number of hydrogen-bond acceptors (Lipinski definition) is 4. The van der Waals surface area contributed by atoms with Gasteiger partial charge in [0.2, 0.25) is 0 Å². The Morgan fingerprint density at radius 2 is 2.00 bits per heavy atom. The van der Waals surface area contributed by atoms with Gasteiger partial charge in [-0.25, -0.2) is 9.37 Å². The predicted molar refractivity (Wildman–Crippen MR) is 87.5 cm³/mol. The first-order chi connectivity index (χ1) is 11.4. The van der Waals surface area contributed by atoms with E-state index in [9.17, 15) is 14.0 Å². The molecule has 0 aliphatic carbocycles. The molecular weight excluding hydrogens is 313 g/mol. The van der Waals surface area contributed by atoms with E-state index in [1.54, 1.807) is 20.8 Å². The predicted octanol–water partition coefficient (Wildman–Crippen LogP) is 1.58. The maximum atomic E-state index is 12.8. The summed E-state index contributed by atoms with van der Waals surface area (Å²) in [6.07, 6.45) is 0.736. The van der Waals surface area contributed by atoms with Crippen molar-refractivity contribution in [3.63, 3.8) is 0 Å². The fourth-order valence-electron chi connectivity index (χ4n) is 2.05. The topological polar surface area (TPSA) is 73.2 Å². The summed E-state index contributed by atoms with van der Waals surface area (Å²) in [5.41, 5.74) is 1.17. The minimum Gasteiger partial charge on any atom is -0.481 e. The Morgan fingerprint density at radius 3 is 2.67 bits per heavy atom. The second-order valence-corrected chi connectivity index (χ2v) is 5.46. The molecule has 0 fully saturated rings. The summed E-state index contributed by atoms with van der Waals surface area (Å²) < 4.78 is 19.7. The zero-order valence-electron chi connectivity index (χ0n) is 13.9. The van der Waals surface area contributed by atoms with Gasteiger partial charge in [-0.1, -0.05) is 0 Å². The molecular formula is C17H20FN3O3. The fraction of sp³-hybridized carbons (Fsp3) is 0.353. The third-order valence-electron chi connectivity index (χ3n) is 3.66. The SMILES string of the molecule is Cc1ncn(CCNC(=O)C(C)Oc2ccc(F)cc2)c(=O)c1C. The van der Waals surface area contributed by atoms with E-state index in [1.807, 2.05) is 0 Å². The van der Waals surface area contributed by atoms with Gasteiger partial charge in [0.15, 0.2) is 6.10 Å².